The highest BCUT2D eigenvalue weighted by Crippen LogP contribution is 2.22. The fourth-order valence-electron chi connectivity index (χ4n) is 2.19. The molecule has 5 heteroatoms. The van der Waals surface area contributed by atoms with Crippen molar-refractivity contribution in [2.45, 2.75) is 19.9 Å². The molecule has 1 unspecified atom stereocenters. The van der Waals surface area contributed by atoms with E-state index in [0.717, 1.165) is 29.6 Å². The highest BCUT2D eigenvalue weighted by Gasteiger charge is 2.21. The summed E-state index contributed by atoms with van der Waals surface area (Å²) in [5.41, 5.74) is 1.84. The summed E-state index contributed by atoms with van der Waals surface area (Å²) in [6.45, 7) is 6.36. The second kappa shape index (κ2) is 5.84. The first-order chi connectivity index (χ1) is 9.08. The lowest BCUT2D eigenvalue weighted by atomic mass is 10.1. The van der Waals surface area contributed by atoms with Gasteiger partial charge in [0.05, 0.1) is 19.3 Å². The molecule has 1 saturated heterocycles. The maximum Gasteiger partial charge on any atom is 0.328 e. The van der Waals surface area contributed by atoms with Crippen molar-refractivity contribution in [3.8, 4) is 0 Å². The van der Waals surface area contributed by atoms with Crippen LogP contribution in [0.2, 0.25) is 0 Å². The van der Waals surface area contributed by atoms with Gasteiger partial charge in [0.2, 0.25) is 0 Å². The van der Waals surface area contributed by atoms with E-state index < -0.39 is 5.97 Å². The minimum absolute atomic E-state index is 0.306. The number of aromatic nitrogens is 1. The molecule has 19 heavy (non-hydrogen) atoms. The lowest BCUT2D eigenvalue weighted by Crippen LogP contribution is -2.44. The SMILES string of the molecule is Cc1cc(/C=C/C(=O)O)cnc1N1CCOCC1C. The summed E-state index contributed by atoms with van der Waals surface area (Å²) < 4.78 is 5.42. The molecule has 0 bridgehead atoms. The first-order valence-electron chi connectivity index (χ1n) is 6.30. The number of hydrogen-bond acceptors (Lipinski definition) is 4. The topological polar surface area (TPSA) is 62.7 Å². The van der Waals surface area contributed by atoms with Crippen LogP contribution in [0.1, 0.15) is 18.1 Å². The van der Waals surface area contributed by atoms with E-state index in [9.17, 15) is 4.79 Å². The Labute approximate surface area is 112 Å². The van der Waals surface area contributed by atoms with Crippen LogP contribution < -0.4 is 4.90 Å². The number of anilines is 1. The quantitative estimate of drug-likeness (QED) is 0.840. The maximum atomic E-state index is 10.5. The van der Waals surface area contributed by atoms with Crippen molar-refractivity contribution in [3.05, 3.63) is 29.5 Å². The molecule has 1 aliphatic heterocycles. The molecule has 0 radical (unpaired) electrons. The zero-order valence-corrected chi connectivity index (χ0v) is 11.2. The van der Waals surface area contributed by atoms with E-state index in [-0.39, 0.29) is 0 Å². The van der Waals surface area contributed by atoms with E-state index in [4.69, 9.17) is 9.84 Å². The van der Waals surface area contributed by atoms with Crippen molar-refractivity contribution < 1.29 is 14.6 Å². The smallest absolute Gasteiger partial charge is 0.328 e. The summed E-state index contributed by atoms with van der Waals surface area (Å²) in [4.78, 5) is 17.2. The van der Waals surface area contributed by atoms with Crippen LogP contribution in [0.3, 0.4) is 0 Å². The molecular formula is C14H18N2O3. The zero-order valence-electron chi connectivity index (χ0n) is 11.2. The number of aliphatic carboxylic acids is 1. The number of rotatable bonds is 3. The first kappa shape index (κ1) is 13.5. The molecule has 0 saturated carbocycles. The van der Waals surface area contributed by atoms with Gasteiger partial charge in [0.1, 0.15) is 5.82 Å². The average Bonchev–Trinajstić information content (AvgIpc) is 2.38. The summed E-state index contributed by atoms with van der Waals surface area (Å²) in [5, 5.41) is 8.61. The van der Waals surface area contributed by atoms with Gasteiger partial charge in [0.15, 0.2) is 0 Å². The molecule has 5 nitrogen and oxygen atoms in total. The number of carboxylic acid groups (broad SMARTS) is 1. The first-order valence-corrected chi connectivity index (χ1v) is 6.30. The van der Waals surface area contributed by atoms with Gasteiger partial charge in [-0.25, -0.2) is 9.78 Å². The van der Waals surface area contributed by atoms with Gasteiger partial charge < -0.3 is 14.7 Å². The summed E-state index contributed by atoms with van der Waals surface area (Å²) >= 11 is 0. The van der Waals surface area contributed by atoms with Crippen LogP contribution in [0, 0.1) is 6.92 Å². The summed E-state index contributed by atoms with van der Waals surface area (Å²) in [5.74, 6) is -0.00759. The third-order valence-electron chi connectivity index (χ3n) is 3.13. The fourth-order valence-corrected chi connectivity index (χ4v) is 2.19. The highest BCUT2D eigenvalue weighted by atomic mass is 16.5. The minimum Gasteiger partial charge on any atom is -0.478 e. The molecule has 1 aromatic rings. The number of carbonyl (C=O) groups is 1. The molecule has 2 rings (SSSR count). The standard InChI is InChI=1S/C14H18N2O3/c1-10-7-12(3-4-13(17)18)8-15-14(10)16-5-6-19-9-11(16)2/h3-4,7-8,11H,5-6,9H2,1-2H3,(H,17,18)/b4-3+. The zero-order chi connectivity index (χ0) is 13.8. The number of pyridine rings is 1. The van der Waals surface area contributed by atoms with Crippen molar-refractivity contribution in [1.82, 2.24) is 4.98 Å². The molecule has 1 aromatic heterocycles. The van der Waals surface area contributed by atoms with Gasteiger partial charge in [-0.15, -0.1) is 0 Å². The Hall–Kier alpha value is -1.88. The van der Waals surface area contributed by atoms with Gasteiger partial charge in [0.25, 0.3) is 0 Å². The van der Waals surface area contributed by atoms with Crippen LogP contribution in [-0.2, 0) is 9.53 Å². The van der Waals surface area contributed by atoms with E-state index in [0.29, 0.717) is 19.3 Å². The van der Waals surface area contributed by atoms with Gasteiger partial charge >= 0.3 is 5.97 Å². The van der Waals surface area contributed by atoms with Gasteiger partial charge in [-0.3, -0.25) is 0 Å². The Balaban J connectivity index is 2.21. The molecule has 1 aliphatic rings. The summed E-state index contributed by atoms with van der Waals surface area (Å²) in [7, 11) is 0. The Morgan fingerprint density at radius 1 is 1.63 bits per heavy atom. The van der Waals surface area contributed by atoms with Crippen LogP contribution in [0.5, 0.6) is 0 Å². The molecule has 2 heterocycles. The second-order valence-electron chi connectivity index (χ2n) is 4.70. The van der Waals surface area contributed by atoms with Crippen LogP contribution in [-0.4, -0.2) is 41.9 Å². The number of aryl methyl sites for hydroxylation is 1. The number of ether oxygens (including phenoxy) is 1. The van der Waals surface area contributed by atoms with Crippen molar-refractivity contribution in [2.75, 3.05) is 24.7 Å². The molecule has 0 amide bonds. The summed E-state index contributed by atoms with van der Waals surface area (Å²) in [6, 6.07) is 2.25. The van der Waals surface area contributed by atoms with Gasteiger partial charge in [-0.2, -0.15) is 0 Å². The van der Waals surface area contributed by atoms with E-state index in [1.807, 2.05) is 13.0 Å². The monoisotopic (exact) mass is 262 g/mol. The normalized spacial score (nSPS) is 19.9. The predicted molar refractivity (Wildman–Crippen MR) is 73.3 cm³/mol. The largest absolute Gasteiger partial charge is 0.478 e. The molecule has 1 atom stereocenters. The van der Waals surface area contributed by atoms with Crippen LogP contribution >= 0.6 is 0 Å². The minimum atomic E-state index is -0.955. The number of carboxylic acids is 1. The molecule has 1 fully saturated rings. The van der Waals surface area contributed by atoms with Gasteiger partial charge in [0, 0.05) is 18.8 Å². The Bertz CT molecular complexity index is 499. The summed E-state index contributed by atoms with van der Waals surface area (Å²) in [6.07, 6.45) is 4.37. The van der Waals surface area contributed by atoms with E-state index >= 15 is 0 Å². The fraction of sp³-hybridized carbons (Fsp3) is 0.429. The number of nitrogens with zero attached hydrogens (tertiary/aromatic N) is 2. The Morgan fingerprint density at radius 3 is 3.05 bits per heavy atom. The lowest BCUT2D eigenvalue weighted by Gasteiger charge is -2.35. The van der Waals surface area contributed by atoms with Gasteiger partial charge in [-0.05, 0) is 37.1 Å². The average molecular weight is 262 g/mol. The number of hydrogen-bond donors (Lipinski definition) is 1. The van der Waals surface area contributed by atoms with Crippen molar-refractivity contribution in [1.29, 1.82) is 0 Å². The van der Waals surface area contributed by atoms with E-state index in [1.165, 1.54) is 0 Å². The highest BCUT2D eigenvalue weighted by molar-refractivity contribution is 5.85. The van der Waals surface area contributed by atoms with Crippen LogP contribution in [0.25, 0.3) is 6.08 Å². The second-order valence-corrected chi connectivity index (χ2v) is 4.70. The molecule has 102 valence electrons. The van der Waals surface area contributed by atoms with Crippen molar-refractivity contribution in [3.63, 3.8) is 0 Å². The Morgan fingerprint density at radius 2 is 2.42 bits per heavy atom. The lowest BCUT2D eigenvalue weighted by molar-refractivity contribution is -0.131. The van der Waals surface area contributed by atoms with Crippen LogP contribution in [0.4, 0.5) is 5.82 Å². The van der Waals surface area contributed by atoms with Gasteiger partial charge in [-0.1, -0.05) is 0 Å². The number of morpholine rings is 1. The van der Waals surface area contributed by atoms with Crippen molar-refractivity contribution >= 4 is 17.9 Å². The van der Waals surface area contributed by atoms with Crippen molar-refractivity contribution in [2.24, 2.45) is 0 Å². The Kier molecular flexibility index (Phi) is 4.16. The molecular weight excluding hydrogens is 244 g/mol. The third kappa shape index (κ3) is 3.32. The van der Waals surface area contributed by atoms with Crippen LogP contribution in [0.15, 0.2) is 18.3 Å². The molecule has 0 aliphatic carbocycles. The molecule has 1 N–H and O–H groups in total. The third-order valence-corrected chi connectivity index (χ3v) is 3.13. The molecule has 0 spiro atoms. The predicted octanol–water partition coefficient (Wildman–Crippen LogP) is 1.71. The maximum absolute atomic E-state index is 10.5. The van der Waals surface area contributed by atoms with E-state index in [2.05, 4.69) is 16.8 Å². The molecule has 0 aromatic carbocycles. The van der Waals surface area contributed by atoms with E-state index in [1.54, 1.807) is 12.3 Å².